The minimum Gasteiger partial charge on any atom is -0.465 e. The molecule has 0 saturated carbocycles. The number of benzene rings is 1. The summed E-state index contributed by atoms with van der Waals surface area (Å²) in [5, 5.41) is 6.32. The van der Waals surface area contributed by atoms with Crippen molar-refractivity contribution in [3.05, 3.63) is 41.3 Å². The first-order valence-corrected chi connectivity index (χ1v) is 10.1. The highest BCUT2D eigenvalue weighted by atomic mass is 32.1. The monoisotopic (exact) mass is 402 g/mol. The van der Waals surface area contributed by atoms with Gasteiger partial charge in [0, 0.05) is 36.9 Å². The van der Waals surface area contributed by atoms with Crippen molar-refractivity contribution in [1.29, 1.82) is 0 Å². The van der Waals surface area contributed by atoms with Crippen LogP contribution in [0.2, 0.25) is 0 Å². The second-order valence-corrected chi connectivity index (χ2v) is 7.81. The number of urea groups is 1. The predicted molar refractivity (Wildman–Crippen MR) is 108 cm³/mol. The molecule has 0 unspecified atom stereocenters. The van der Waals surface area contributed by atoms with Crippen molar-refractivity contribution >= 4 is 55.8 Å². The van der Waals surface area contributed by atoms with Gasteiger partial charge in [0.15, 0.2) is 0 Å². The fourth-order valence-electron chi connectivity index (χ4n) is 3.03. The van der Waals surface area contributed by atoms with Crippen molar-refractivity contribution in [3.8, 4) is 0 Å². The molecule has 0 bridgehead atoms. The van der Waals surface area contributed by atoms with Crippen LogP contribution in [0, 0.1) is 0 Å². The third kappa shape index (κ3) is 3.60. The highest BCUT2D eigenvalue weighted by Gasteiger charge is 2.24. The summed E-state index contributed by atoms with van der Waals surface area (Å²) >= 11 is 2.81. The van der Waals surface area contributed by atoms with Crippen LogP contribution in [0.5, 0.6) is 0 Å². The lowest BCUT2D eigenvalue weighted by Crippen LogP contribution is -2.50. The number of carbonyl (C=O) groups excluding carboxylic acids is 2. The predicted octanol–water partition coefficient (Wildman–Crippen LogP) is 3.50. The second kappa shape index (κ2) is 7.53. The SMILES string of the molecule is COC(=O)c1csc(NC(=O)N2CCN(c3nsc4ccccc34)CC2)c1. The van der Waals surface area contributed by atoms with E-state index < -0.39 is 5.97 Å². The van der Waals surface area contributed by atoms with Crippen LogP contribution in [-0.4, -0.2) is 54.6 Å². The molecule has 2 amide bonds. The number of nitrogens with zero attached hydrogens (tertiary/aromatic N) is 3. The number of amides is 2. The average Bonchev–Trinajstić information content (AvgIpc) is 3.34. The Kier molecular flexibility index (Phi) is 4.95. The number of methoxy groups -OCH3 is 1. The molecule has 9 heteroatoms. The molecule has 7 nitrogen and oxygen atoms in total. The van der Waals surface area contributed by atoms with Gasteiger partial charge in [0.2, 0.25) is 0 Å². The standard InChI is InChI=1S/C18H18N4O3S2/c1-25-17(23)12-10-15(26-11-12)19-18(24)22-8-6-21(7-9-22)16-13-4-2-3-5-14(13)27-20-16/h2-5,10-11H,6-9H2,1H3,(H,19,24). The summed E-state index contributed by atoms with van der Waals surface area (Å²) in [6, 6.07) is 9.67. The first-order chi connectivity index (χ1) is 13.2. The maximum atomic E-state index is 12.5. The minimum atomic E-state index is -0.407. The Morgan fingerprint density at radius 3 is 2.74 bits per heavy atom. The van der Waals surface area contributed by atoms with E-state index in [1.54, 1.807) is 16.3 Å². The summed E-state index contributed by atoms with van der Waals surface area (Å²) in [5.74, 6) is 0.590. The van der Waals surface area contributed by atoms with Gasteiger partial charge in [-0.3, -0.25) is 5.32 Å². The topological polar surface area (TPSA) is 74.8 Å². The van der Waals surface area contributed by atoms with Crippen molar-refractivity contribution in [2.24, 2.45) is 0 Å². The molecule has 2 aromatic heterocycles. The van der Waals surface area contributed by atoms with Crippen LogP contribution in [0.15, 0.2) is 35.7 Å². The van der Waals surface area contributed by atoms with E-state index in [0.29, 0.717) is 23.7 Å². The van der Waals surface area contributed by atoms with Crippen LogP contribution in [0.3, 0.4) is 0 Å². The lowest BCUT2D eigenvalue weighted by molar-refractivity contribution is 0.0601. The van der Waals surface area contributed by atoms with E-state index in [4.69, 9.17) is 0 Å². The fraction of sp³-hybridized carbons (Fsp3) is 0.278. The van der Waals surface area contributed by atoms with Crippen LogP contribution < -0.4 is 10.2 Å². The Balaban J connectivity index is 1.37. The molecule has 1 fully saturated rings. The van der Waals surface area contributed by atoms with Crippen molar-refractivity contribution in [2.45, 2.75) is 0 Å². The van der Waals surface area contributed by atoms with E-state index in [1.165, 1.54) is 34.7 Å². The normalized spacial score (nSPS) is 14.4. The molecular formula is C18H18N4O3S2. The third-order valence-corrected chi connectivity index (χ3v) is 6.14. The van der Waals surface area contributed by atoms with E-state index in [-0.39, 0.29) is 6.03 Å². The van der Waals surface area contributed by atoms with Crippen molar-refractivity contribution in [2.75, 3.05) is 43.5 Å². The molecule has 0 spiro atoms. The smallest absolute Gasteiger partial charge is 0.338 e. The van der Waals surface area contributed by atoms with Crippen LogP contribution in [0.4, 0.5) is 15.6 Å². The summed E-state index contributed by atoms with van der Waals surface area (Å²) in [6.07, 6.45) is 0. The number of aromatic nitrogens is 1. The van der Waals surface area contributed by atoms with Gasteiger partial charge in [-0.15, -0.1) is 11.3 Å². The zero-order valence-corrected chi connectivity index (χ0v) is 16.3. The number of nitrogens with one attached hydrogen (secondary N) is 1. The molecule has 1 N–H and O–H groups in total. The molecule has 1 aromatic carbocycles. The van der Waals surface area contributed by atoms with Crippen LogP contribution in [0.1, 0.15) is 10.4 Å². The van der Waals surface area contributed by atoms with Crippen molar-refractivity contribution in [3.63, 3.8) is 0 Å². The number of fused-ring (bicyclic) bond motifs is 1. The van der Waals surface area contributed by atoms with Crippen molar-refractivity contribution in [1.82, 2.24) is 9.27 Å². The van der Waals surface area contributed by atoms with E-state index in [0.717, 1.165) is 24.3 Å². The van der Waals surface area contributed by atoms with Crippen LogP contribution in [0.25, 0.3) is 10.1 Å². The zero-order valence-electron chi connectivity index (χ0n) is 14.7. The van der Waals surface area contributed by atoms with Gasteiger partial charge in [-0.05, 0) is 29.7 Å². The molecule has 1 aliphatic rings. The number of anilines is 2. The van der Waals surface area contributed by atoms with Gasteiger partial charge < -0.3 is 14.5 Å². The Hall–Kier alpha value is -2.65. The second-order valence-electron chi connectivity index (χ2n) is 6.10. The third-order valence-electron chi connectivity index (χ3n) is 4.48. The number of hydrogen-bond acceptors (Lipinski definition) is 7. The largest absolute Gasteiger partial charge is 0.465 e. The highest BCUT2D eigenvalue weighted by Crippen LogP contribution is 2.30. The highest BCUT2D eigenvalue weighted by molar-refractivity contribution is 7.14. The van der Waals surface area contributed by atoms with E-state index >= 15 is 0 Å². The lowest BCUT2D eigenvalue weighted by Gasteiger charge is -2.34. The number of piperazine rings is 1. The van der Waals surface area contributed by atoms with Crippen LogP contribution in [-0.2, 0) is 4.74 Å². The molecule has 140 valence electrons. The Morgan fingerprint density at radius 1 is 1.19 bits per heavy atom. The summed E-state index contributed by atoms with van der Waals surface area (Å²) in [4.78, 5) is 28.0. The molecule has 0 radical (unpaired) electrons. The number of carbonyl (C=O) groups is 2. The summed E-state index contributed by atoms with van der Waals surface area (Å²) in [6.45, 7) is 2.71. The molecule has 0 aliphatic carbocycles. The van der Waals surface area contributed by atoms with Gasteiger partial charge in [-0.2, -0.15) is 4.37 Å². The molecule has 1 saturated heterocycles. The number of esters is 1. The molecule has 0 atom stereocenters. The molecule has 27 heavy (non-hydrogen) atoms. The van der Waals surface area contributed by atoms with E-state index in [1.807, 2.05) is 12.1 Å². The number of rotatable bonds is 3. The lowest BCUT2D eigenvalue weighted by atomic mass is 10.2. The van der Waals surface area contributed by atoms with Gasteiger partial charge in [0.1, 0.15) is 5.82 Å². The number of ether oxygens (including phenoxy) is 1. The molecule has 4 rings (SSSR count). The Labute approximate surface area is 164 Å². The fourth-order valence-corrected chi connectivity index (χ4v) is 4.59. The molecule has 3 heterocycles. The van der Waals surface area contributed by atoms with Gasteiger partial charge in [-0.1, -0.05) is 12.1 Å². The summed E-state index contributed by atoms with van der Waals surface area (Å²) < 4.78 is 10.4. The minimum absolute atomic E-state index is 0.156. The summed E-state index contributed by atoms with van der Waals surface area (Å²) in [7, 11) is 1.34. The van der Waals surface area contributed by atoms with E-state index in [9.17, 15) is 9.59 Å². The Morgan fingerprint density at radius 2 is 1.96 bits per heavy atom. The van der Waals surface area contributed by atoms with Crippen LogP contribution >= 0.6 is 22.9 Å². The molecule has 1 aliphatic heterocycles. The van der Waals surface area contributed by atoms with Crippen molar-refractivity contribution < 1.29 is 14.3 Å². The Bertz CT molecular complexity index is 976. The van der Waals surface area contributed by atoms with Gasteiger partial charge in [-0.25, -0.2) is 9.59 Å². The average molecular weight is 403 g/mol. The van der Waals surface area contributed by atoms with E-state index in [2.05, 4.69) is 31.5 Å². The first kappa shape index (κ1) is 17.7. The summed E-state index contributed by atoms with van der Waals surface area (Å²) in [5.41, 5.74) is 0.443. The maximum absolute atomic E-state index is 12.5. The quantitative estimate of drug-likeness (QED) is 0.679. The molecule has 3 aromatic rings. The number of thiophene rings is 1. The van der Waals surface area contributed by atoms with Gasteiger partial charge in [0.05, 0.1) is 22.4 Å². The van der Waals surface area contributed by atoms with Gasteiger partial charge >= 0.3 is 12.0 Å². The van der Waals surface area contributed by atoms with Gasteiger partial charge in [0.25, 0.3) is 0 Å². The molecular weight excluding hydrogens is 384 g/mol. The maximum Gasteiger partial charge on any atom is 0.338 e. The number of hydrogen-bond donors (Lipinski definition) is 1. The zero-order chi connectivity index (χ0) is 18.8. The first-order valence-electron chi connectivity index (χ1n) is 8.48.